The summed E-state index contributed by atoms with van der Waals surface area (Å²) in [6, 6.07) is 10.2. The molecule has 0 bridgehead atoms. The lowest BCUT2D eigenvalue weighted by atomic mass is 10.1. The minimum absolute atomic E-state index is 0.150. The molecule has 186 valence electrons. The number of hydrogen-bond donors (Lipinski definition) is 1. The summed E-state index contributed by atoms with van der Waals surface area (Å²) in [5.41, 5.74) is 1.56. The number of amides is 2. The Morgan fingerprint density at radius 3 is 2.29 bits per heavy atom. The molecule has 1 N–H and O–H groups in total. The number of carbonyl (C=O) groups is 2. The molecule has 2 aromatic carbocycles. The minimum atomic E-state index is -0.623. The predicted molar refractivity (Wildman–Crippen MR) is 137 cm³/mol. The van der Waals surface area contributed by atoms with Gasteiger partial charge >= 0.3 is 0 Å². The SMILES string of the molecule is CCCCNC(=O)[C@H](CC)N(Cc1c(Cl)cccc1Cl)C(=O)CCc1ccc(OC)c(OC)c1. The molecule has 0 spiro atoms. The number of methoxy groups -OCH3 is 2. The normalized spacial score (nSPS) is 11.6. The van der Waals surface area contributed by atoms with Gasteiger partial charge in [-0.25, -0.2) is 0 Å². The first-order chi connectivity index (χ1) is 16.4. The Morgan fingerprint density at radius 2 is 1.71 bits per heavy atom. The fourth-order valence-electron chi connectivity index (χ4n) is 3.71. The number of halogens is 2. The molecule has 0 aliphatic rings. The minimum Gasteiger partial charge on any atom is -0.493 e. The van der Waals surface area contributed by atoms with Gasteiger partial charge in [0.1, 0.15) is 6.04 Å². The molecule has 0 heterocycles. The third kappa shape index (κ3) is 7.54. The maximum absolute atomic E-state index is 13.5. The predicted octanol–water partition coefficient (Wildman–Crippen LogP) is 5.67. The molecule has 0 radical (unpaired) electrons. The van der Waals surface area contributed by atoms with Gasteiger partial charge in [0.15, 0.2) is 11.5 Å². The van der Waals surface area contributed by atoms with Crippen LogP contribution in [-0.2, 0) is 22.6 Å². The standard InChI is InChI=1S/C26H34Cl2N2O4/c1-5-7-15-29-26(32)22(6-2)30(17-19-20(27)9-8-10-21(19)28)25(31)14-12-18-11-13-23(33-3)24(16-18)34-4/h8-11,13,16,22H,5-7,12,14-15,17H2,1-4H3,(H,29,32)/t22-/m0/s1. The van der Waals surface area contributed by atoms with Crippen LogP contribution in [0.1, 0.15) is 50.7 Å². The third-order valence-corrected chi connectivity index (χ3v) is 6.39. The van der Waals surface area contributed by atoms with E-state index in [1.807, 2.05) is 25.1 Å². The van der Waals surface area contributed by atoms with E-state index in [2.05, 4.69) is 12.2 Å². The lowest BCUT2D eigenvalue weighted by Gasteiger charge is -2.31. The van der Waals surface area contributed by atoms with Crippen molar-refractivity contribution in [1.29, 1.82) is 0 Å². The third-order valence-electron chi connectivity index (χ3n) is 5.68. The maximum Gasteiger partial charge on any atom is 0.242 e. The molecule has 0 saturated carbocycles. The number of aryl methyl sites for hydroxylation is 1. The van der Waals surface area contributed by atoms with E-state index < -0.39 is 6.04 Å². The molecule has 2 amide bonds. The molecule has 34 heavy (non-hydrogen) atoms. The first-order valence-electron chi connectivity index (χ1n) is 11.6. The van der Waals surface area contributed by atoms with Crippen LogP contribution >= 0.6 is 23.2 Å². The zero-order valence-electron chi connectivity index (χ0n) is 20.3. The Kier molecular flexibility index (Phi) is 11.5. The second kappa shape index (κ2) is 14.1. The molecular formula is C26H34Cl2N2O4. The van der Waals surface area contributed by atoms with Crippen LogP contribution < -0.4 is 14.8 Å². The first-order valence-corrected chi connectivity index (χ1v) is 12.3. The number of nitrogens with one attached hydrogen (secondary N) is 1. The molecule has 6 nitrogen and oxygen atoms in total. The number of rotatable bonds is 13. The monoisotopic (exact) mass is 508 g/mol. The Hall–Kier alpha value is -2.44. The van der Waals surface area contributed by atoms with E-state index in [1.54, 1.807) is 37.3 Å². The van der Waals surface area contributed by atoms with Crippen LogP contribution in [0.4, 0.5) is 0 Å². The lowest BCUT2D eigenvalue weighted by Crippen LogP contribution is -2.49. The fraction of sp³-hybridized carbons (Fsp3) is 0.462. The van der Waals surface area contributed by atoms with Crippen LogP contribution in [0.15, 0.2) is 36.4 Å². The smallest absolute Gasteiger partial charge is 0.242 e. The second-order valence-electron chi connectivity index (χ2n) is 7.98. The summed E-state index contributed by atoms with van der Waals surface area (Å²) >= 11 is 12.8. The summed E-state index contributed by atoms with van der Waals surface area (Å²) in [4.78, 5) is 28.0. The fourth-order valence-corrected chi connectivity index (χ4v) is 4.23. The van der Waals surface area contributed by atoms with Crippen molar-refractivity contribution in [2.24, 2.45) is 0 Å². The van der Waals surface area contributed by atoms with E-state index >= 15 is 0 Å². The highest BCUT2D eigenvalue weighted by atomic mass is 35.5. The number of nitrogens with zero attached hydrogens (tertiary/aromatic N) is 1. The maximum atomic E-state index is 13.5. The Bertz CT molecular complexity index is 948. The summed E-state index contributed by atoms with van der Waals surface area (Å²) in [7, 11) is 3.15. The largest absolute Gasteiger partial charge is 0.493 e. The first kappa shape index (κ1) is 27.8. The van der Waals surface area contributed by atoms with E-state index in [9.17, 15) is 9.59 Å². The summed E-state index contributed by atoms with van der Waals surface area (Å²) in [6.07, 6.45) is 3.03. The van der Waals surface area contributed by atoms with Crippen LogP contribution in [-0.4, -0.2) is 43.5 Å². The average Bonchev–Trinajstić information content (AvgIpc) is 2.84. The van der Waals surface area contributed by atoms with Gasteiger partial charge in [-0.3, -0.25) is 9.59 Å². The Morgan fingerprint density at radius 1 is 1.03 bits per heavy atom. The molecule has 0 aliphatic heterocycles. The van der Waals surface area contributed by atoms with Crippen molar-refractivity contribution in [1.82, 2.24) is 10.2 Å². The topological polar surface area (TPSA) is 67.9 Å². The van der Waals surface area contributed by atoms with Gasteiger partial charge in [-0.05, 0) is 49.1 Å². The molecule has 1 atom stereocenters. The molecule has 0 aromatic heterocycles. The van der Waals surface area contributed by atoms with E-state index in [4.69, 9.17) is 32.7 Å². The van der Waals surface area contributed by atoms with Gasteiger partial charge in [-0.15, -0.1) is 0 Å². The van der Waals surface area contributed by atoms with E-state index in [-0.39, 0.29) is 24.8 Å². The van der Waals surface area contributed by atoms with E-state index in [1.165, 1.54) is 0 Å². The van der Waals surface area contributed by atoms with Crippen molar-refractivity contribution in [3.63, 3.8) is 0 Å². The number of unbranched alkanes of at least 4 members (excludes halogenated alkanes) is 1. The van der Waals surface area contributed by atoms with Crippen LogP contribution in [0, 0.1) is 0 Å². The highest BCUT2D eigenvalue weighted by Gasteiger charge is 2.29. The molecule has 0 aliphatic carbocycles. The van der Waals surface area contributed by atoms with Crippen LogP contribution in [0.2, 0.25) is 10.0 Å². The quantitative estimate of drug-likeness (QED) is 0.354. The Balaban J connectivity index is 2.26. The van der Waals surface area contributed by atoms with Crippen LogP contribution in [0.3, 0.4) is 0 Å². The van der Waals surface area contributed by atoms with E-state index in [0.29, 0.717) is 46.5 Å². The van der Waals surface area contributed by atoms with Crippen molar-refractivity contribution in [2.75, 3.05) is 20.8 Å². The van der Waals surface area contributed by atoms with Gasteiger partial charge < -0.3 is 19.7 Å². The van der Waals surface area contributed by atoms with Gasteiger partial charge in [0.2, 0.25) is 11.8 Å². The molecule has 0 fully saturated rings. The zero-order chi connectivity index (χ0) is 25.1. The summed E-state index contributed by atoms with van der Waals surface area (Å²) in [5.74, 6) is 0.915. The summed E-state index contributed by atoms with van der Waals surface area (Å²) in [6.45, 7) is 4.69. The lowest BCUT2D eigenvalue weighted by molar-refractivity contribution is -0.141. The summed E-state index contributed by atoms with van der Waals surface area (Å²) in [5, 5.41) is 3.89. The van der Waals surface area contributed by atoms with Crippen molar-refractivity contribution in [2.45, 2.75) is 58.5 Å². The zero-order valence-corrected chi connectivity index (χ0v) is 21.8. The molecule has 2 rings (SSSR count). The van der Waals surface area contributed by atoms with E-state index in [0.717, 1.165) is 18.4 Å². The second-order valence-corrected chi connectivity index (χ2v) is 8.79. The van der Waals surface area contributed by atoms with Crippen LogP contribution in [0.25, 0.3) is 0 Å². The molecule has 0 saturated heterocycles. The number of benzene rings is 2. The van der Waals surface area contributed by atoms with Gasteiger partial charge in [0, 0.05) is 35.1 Å². The van der Waals surface area contributed by atoms with Crippen molar-refractivity contribution in [3.05, 3.63) is 57.6 Å². The number of hydrogen-bond acceptors (Lipinski definition) is 4. The highest BCUT2D eigenvalue weighted by Crippen LogP contribution is 2.29. The Labute approximate surface area is 212 Å². The highest BCUT2D eigenvalue weighted by molar-refractivity contribution is 6.36. The molecule has 0 unspecified atom stereocenters. The average molecular weight is 509 g/mol. The number of carbonyl (C=O) groups excluding carboxylic acids is 2. The van der Waals surface area contributed by atoms with Crippen molar-refractivity contribution >= 4 is 35.0 Å². The van der Waals surface area contributed by atoms with Crippen molar-refractivity contribution in [3.8, 4) is 11.5 Å². The summed E-state index contributed by atoms with van der Waals surface area (Å²) < 4.78 is 10.7. The van der Waals surface area contributed by atoms with Gasteiger partial charge in [0.25, 0.3) is 0 Å². The number of ether oxygens (including phenoxy) is 2. The molecular weight excluding hydrogens is 475 g/mol. The molecule has 2 aromatic rings. The van der Waals surface area contributed by atoms with Crippen molar-refractivity contribution < 1.29 is 19.1 Å². The van der Waals surface area contributed by atoms with Gasteiger partial charge in [-0.2, -0.15) is 0 Å². The van der Waals surface area contributed by atoms with Gasteiger partial charge in [0.05, 0.1) is 14.2 Å². The molecule has 8 heteroatoms. The van der Waals surface area contributed by atoms with Crippen LogP contribution in [0.5, 0.6) is 11.5 Å². The van der Waals surface area contributed by atoms with Gasteiger partial charge in [-0.1, -0.05) is 55.6 Å².